The van der Waals surface area contributed by atoms with Gasteiger partial charge in [-0.15, -0.1) is 0 Å². The summed E-state index contributed by atoms with van der Waals surface area (Å²) in [5.41, 5.74) is 1.38. The first-order valence-corrected chi connectivity index (χ1v) is 6.35. The summed E-state index contributed by atoms with van der Waals surface area (Å²) in [7, 11) is 0. The minimum atomic E-state index is -0.0995. The van der Waals surface area contributed by atoms with E-state index in [9.17, 15) is 4.79 Å². The van der Waals surface area contributed by atoms with Crippen LogP contribution in [0.2, 0.25) is 0 Å². The molecule has 17 heavy (non-hydrogen) atoms. The van der Waals surface area contributed by atoms with E-state index >= 15 is 0 Å². The molecule has 0 aliphatic carbocycles. The molecule has 1 unspecified atom stereocenters. The van der Waals surface area contributed by atoms with Crippen molar-refractivity contribution in [2.75, 3.05) is 13.2 Å². The van der Waals surface area contributed by atoms with Gasteiger partial charge in [-0.1, -0.05) is 0 Å². The molecule has 2 aromatic rings. The highest BCUT2D eigenvalue weighted by Gasteiger charge is 2.18. The standard InChI is InChI=1S/C11H12BrN3O2/c12-8-3-9-10(13-4-8)14-11(16)15(9)5-7-1-2-17-6-7/h3-4,7H,1-2,5-6H2,(H,13,14,16). The number of hydrogen-bond donors (Lipinski definition) is 1. The van der Waals surface area contributed by atoms with Gasteiger partial charge < -0.3 is 4.74 Å². The number of H-pyrrole nitrogens is 1. The van der Waals surface area contributed by atoms with Crippen LogP contribution in [0.25, 0.3) is 11.2 Å². The SMILES string of the molecule is O=c1[nH]c2ncc(Br)cc2n1CC1CCOC1. The van der Waals surface area contributed by atoms with Crippen molar-refractivity contribution in [3.8, 4) is 0 Å². The lowest BCUT2D eigenvalue weighted by molar-refractivity contribution is 0.182. The molecular formula is C11H12BrN3O2. The van der Waals surface area contributed by atoms with Crippen molar-refractivity contribution in [3.63, 3.8) is 0 Å². The zero-order valence-electron chi connectivity index (χ0n) is 9.15. The molecule has 0 spiro atoms. The number of hydrogen-bond acceptors (Lipinski definition) is 3. The molecule has 0 bridgehead atoms. The number of aromatic nitrogens is 3. The first-order chi connectivity index (χ1) is 8.24. The third kappa shape index (κ3) is 2.02. The van der Waals surface area contributed by atoms with Gasteiger partial charge in [0.25, 0.3) is 0 Å². The van der Waals surface area contributed by atoms with Gasteiger partial charge in [-0.3, -0.25) is 9.55 Å². The fourth-order valence-electron chi connectivity index (χ4n) is 2.18. The Kier molecular flexibility index (Phi) is 2.76. The average Bonchev–Trinajstić information content (AvgIpc) is 2.90. The minimum Gasteiger partial charge on any atom is -0.381 e. The maximum atomic E-state index is 11.8. The van der Waals surface area contributed by atoms with Crippen LogP contribution in [-0.4, -0.2) is 27.7 Å². The number of pyridine rings is 1. The summed E-state index contributed by atoms with van der Waals surface area (Å²) >= 11 is 3.37. The number of ether oxygens (including phenoxy) is 1. The van der Waals surface area contributed by atoms with Crippen LogP contribution < -0.4 is 5.69 Å². The lowest BCUT2D eigenvalue weighted by Crippen LogP contribution is -2.21. The number of rotatable bonds is 2. The van der Waals surface area contributed by atoms with Crippen LogP contribution in [0.4, 0.5) is 0 Å². The number of fused-ring (bicyclic) bond motifs is 1. The molecule has 5 nitrogen and oxygen atoms in total. The molecule has 90 valence electrons. The predicted octanol–water partition coefficient (Wildman–Crippen LogP) is 1.52. The Morgan fingerprint density at radius 1 is 1.65 bits per heavy atom. The van der Waals surface area contributed by atoms with Gasteiger partial charge in [0, 0.05) is 29.7 Å². The van der Waals surface area contributed by atoms with E-state index in [0.717, 1.165) is 29.6 Å². The van der Waals surface area contributed by atoms with E-state index in [2.05, 4.69) is 25.9 Å². The van der Waals surface area contributed by atoms with E-state index in [1.807, 2.05) is 6.07 Å². The minimum absolute atomic E-state index is 0.0995. The van der Waals surface area contributed by atoms with Crippen LogP contribution >= 0.6 is 15.9 Å². The number of aromatic amines is 1. The second-order valence-corrected chi connectivity index (χ2v) is 5.21. The lowest BCUT2D eigenvalue weighted by Gasteiger charge is -2.08. The third-order valence-corrected chi connectivity index (χ3v) is 3.49. The Balaban J connectivity index is 2.04. The van der Waals surface area contributed by atoms with Gasteiger partial charge in [0.05, 0.1) is 12.1 Å². The molecule has 0 aromatic carbocycles. The Bertz CT molecular complexity index is 598. The van der Waals surface area contributed by atoms with Gasteiger partial charge in [-0.2, -0.15) is 0 Å². The second-order valence-electron chi connectivity index (χ2n) is 4.29. The first kappa shape index (κ1) is 11.0. The Labute approximate surface area is 106 Å². The summed E-state index contributed by atoms with van der Waals surface area (Å²) in [6.45, 7) is 2.22. The monoisotopic (exact) mass is 297 g/mol. The quantitative estimate of drug-likeness (QED) is 0.914. The molecule has 1 fully saturated rings. The maximum absolute atomic E-state index is 11.8. The highest BCUT2D eigenvalue weighted by Crippen LogP contribution is 2.18. The lowest BCUT2D eigenvalue weighted by atomic mass is 10.1. The number of halogens is 1. The molecule has 2 aromatic heterocycles. The van der Waals surface area contributed by atoms with E-state index in [0.29, 0.717) is 18.1 Å². The topological polar surface area (TPSA) is 59.9 Å². The van der Waals surface area contributed by atoms with Gasteiger partial charge in [0.15, 0.2) is 5.65 Å². The predicted molar refractivity (Wildman–Crippen MR) is 67.0 cm³/mol. The summed E-state index contributed by atoms with van der Waals surface area (Å²) in [6, 6.07) is 1.91. The second kappa shape index (κ2) is 4.27. The van der Waals surface area contributed by atoms with E-state index in [1.165, 1.54) is 0 Å². The van der Waals surface area contributed by atoms with Gasteiger partial charge in [-0.25, -0.2) is 9.78 Å². The van der Waals surface area contributed by atoms with Crippen LogP contribution in [0, 0.1) is 5.92 Å². The fourth-order valence-corrected chi connectivity index (χ4v) is 2.49. The summed E-state index contributed by atoms with van der Waals surface area (Å²) in [5, 5.41) is 0. The van der Waals surface area contributed by atoms with Crippen LogP contribution in [0.15, 0.2) is 21.5 Å². The fraction of sp³-hybridized carbons (Fsp3) is 0.455. The van der Waals surface area contributed by atoms with Crippen molar-refractivity contribution in [1.82, 2.24) is 14.5 Å². The molecule has 1 aliphatic rings. The Morgan fingerprint density at radius 3 is 3.29 bits per heavy atom. The summed E-state index contributed by atoms with van der Waals surface area (Å²) in [4.78, 5) is 18.8. The van der Waals surface area contributed by atoms with Crippen LogP contribution in [0.1, 0.15) is 6.42 Å². The molecule has 3 rings (SSSR count). The summed E-state index contributed by atoms with van der Waals surface area (Å²) < 4.78 is 7.95. The maximum Gasteiger partial charge on any atom is 0.327 e. The zero-order chi connectivity index (χ0) is 11.8. The molecule has 1 saturated heterocycles. The van der Waals surface area contributed by atoms with Crippen LogP contribution in [-0.2, 0) is 11.3 Å². The van der Waals surface area contributed by atoms with Gasteiger partial charge in [0.1, 0.15) is 0 Å². The van der Waals surface area contributed by atoms with Gasteiger partial charge in [0.2, 0.25) is 0 Å². The molecule has 3 heterocycles. The van der Waals surface area contributed by atoms with Crippen molar-refractivity contribution in [1.29, 1.82) is 0 Å². The Morgan fingerprint density at radius 2 is 2.53 bits per heavy atom. The largest absolute Gasteiger partial charge is 0.381 e. The van der Waals surface area contributed by atoms with Crippen molar-refractivity contribution in [2.45, 2.75) is 13.0 Å². The highest BCUT2D eigenvalue weighted by molar-refractivity contribution is 9.10. The number of nitrogens with one attached hydrogen (secondary N) is 1. The van der Waals surface area contributed by atoms with Crippen molar-refractivity contribution in [3.05, 3.63) is 27.2 Å². The molecule has 0 saturated carbocycles. The Hall–Kier alpha value is -1.14. The average molecular weight is 298 g/mol. The van der Waals surface area contributed by atoms with Crippen molar-refractivity contribution < 1.29 is 4.74 Å². The number of imidazole rings is 1. The normalized spacial score (nSPS) is 20.2. The number of nitrogens with zero attached hydrogens (tertiary/aromatic N) is 2. The third-order valence-electron chi connectivity index (χ3n) is 3.06. The van der Waals surface area contributed by atoms with E-state index in [1.54, 1.807) is 10.8 Å². The van der Waals surface area contributed by atoms with E-state index in [-0.39, 0.29) is 5.69 Å². The van der Waals surface area contributed by atoms with Crippen molar-refractivity contribution >= 4 is 27.1 Å². The van der Waals surface area contributed by atoms with Crippen LogP contribution in [0.3, 0.4) is 0 Å². The van der Waals surface area contributed by atoms with E-state index < -0.39 is 0 Å². The molecule has 6 heteroatoms. The highest BCUT2D eigenvalue weighted by atomic mass is 79.9. The van der Waals surface area contributed by atoms with Crippen molar-refractivity contribution in [2.24, 2.45) is 5.92 Å². The zero-order valence-corrected chi connectivity index (χ0v) is 10.7. The molecular weight excluding hydrogens is 286 g/mol. The molecule has 1 atom stereocenters. The molecule has 0 radical (unpaired) electrons. The summed E-state index contributed by atoms with van der Waals surface area (Å²) in [6.07, 6.45) is 2.70. The molecule has 0 amide bonds. The molecule has 1 aliphatic heterocycles. The van der Waals surface area contributed by atoms with Crippen LogP contribution in [0.5, 0.6) is 0 Å². The molecule has 1 N–H and O–H groups in total. The summed E-state index contributed by atoms with van der Waals surface area (Å²) in [5.74, 6) is 0.422. The smallest absolute Gasteiger partial charge is 0.327 e. The van der Waals surface area contributed by atoms with Gasteiger partial charge in [-0.05, 0) is 28.4 Å². The van der Waals surface area contributed by atoms with E-state index in [4.69, 9.17) is 4.74 Å². The first-order valence-electron chi connectivity index (χ1n) is 5.56. The van der Waals surface area contributed by atoms with Gasteiger partial charge >= 0.3 is 5.69 Å².